The largest absolute Gasteiger partial charge is 0.361 e. The van der Waals surface area contributed by atoms with Crippen molar-refractivity contribution in [3.05, 3.63) is 59.1 Å². The van der Waals surface area contributed by atoms with Gasteiger partial charge in [-0.25, -0.2) is 0 Å². The molecule has 0 unspecified atom stereocenters. The number of hydrogen-bond acceptors (Lipinski definition) is 4. The van der Waals surface area contributed by atoms with Gasteiger partial charge >= 0.3 is 0 Å². The Morgan fingerprint density at radius 1 is 1.10 bits per heavy atom. The highest BCUT2D eigenvalue weighted by Crippen LogP contribution is 2.18. The molecule has 0 spiro atoms. The highest BCUT2D eigenvalue weighted by Gasteiger charge is 2.04. The first-order chi connectivity index (χ1) is 9.72. The van der Waals surface area contributed by atoms with Crippen LogP contribution < -0.4 is 5.32 Å². The van der Waals surface area contributed by atoms with Crippen molar-refractivity contribution < 1.29 is 4.52 Å². The molecule has 0 radical (unpaired) electrons. The van der Waals surface area contributed by atoms with E-state index in [1.165, 1.54) is 10.9 Å². The van der Waals surface area contributed by atoms with Crippen LogP contribution in [-0.4, -0.2) is 10.1 Å². The normalized spacial score (nSPS) is 11.1. The number of aryl methyl sites for hydroxylation is 2. The predicted molar refractivity (Wildman–Crippen MR) is 78.3 cm³/mol. The number of rotatable bonds is 4. The summed E-state index contributed by atoms with van der Waals surface area (Å²) in [6.07, 6.45) is 0. The van der Waals surface area contributed by atoms with Crippen molar-refractivity contribution in [2.24, 2.45) is 0 Å². The van der Waals surface area contributed by atoms with Gasteiger partial charge in [0.15, 0.2) is 0 Å². The van der Waals surface area contributed by atoms with E-state index >= 15 is 0 Å². The molecular weight excluding hydrogens is 250 g/mol. The van der Waals surface area contributed by atoms with Gasteiger partial charge in [-0.1, -0.05) is 23.4 Å². The first kappa shape index (κ1) is 12.8. The highest BCUT2D eigenvalue weighted by atomic mass is 16.5. The lowest BCUT2D eigenvalue weighted by atomic mass is 10.1. The molecule has 2 heterocycles. The molecule has 0 saturated heterocycles. The van der Waals surface area contributed by atoms with E-state index in [0.29, 0.717) is 6.54 Å². The first-order valence-corrected chi connectivity index (χ1v) is 6.70. The lowest BCUT2D eigenvalue weighted by Crippen LogP contribution is -2.13. The Morgan fingerprint density at radius 2 is 1.95 bits per heavy atom. The molecule has 2 aromatic heterocycles. The fourth-order valence-corrected chi connectivity index (χ4v) is 2.37. The molecule has 102 valence electrons. The maximum atomic E-state index is 5.06. The summed E-state index contributed by atoms with van der Waals surface area (Å²) in [6.45, 7) is 5.41. The average molecular weight is 267 g/mol. The number of benzene rings is 1. The van der Waals surface area contributed by atoms with Gasteiger partial charge in [-0.05, 0) is 31.5 Å². The Morgan fingerprint density at radius 3 is 2.75 bits per heavy atom. The van der Waals surface area contributed by atoms with Crippen molar-refractivity contribution >= 4 is 10.9 Å². The van der Waals surface area contributed by atoms with Gasteiger partial charge in [0.1, 0.15) is 5.76 Å². The molecule has 4 nitrogen and oxygen atoms in total. The summed E-state index contributed by atoms with van der Waals surface area (Å²) in [4.78, 5) is 4.55. The van der Waals surface area contributed by atoms with Crippen LogP contribution in [0.1, 0.15) is 22.7 Å². The van der Waals surface area contributed by atoms with E-state index in [1.807, 2.05) is 38.1 Å². The van der Waals surface area contributed by atoms with Crippen molar-refractivity contribution in [3.8, 4) is 0 Å². The third-order valence-electron chi connectivity index (χ3n) is 3.23. The highest BCUT2D eigenvalue weighted by molar-refractivity contribution is 5.82. The van der Waals surface area contributed by atoms with Crippen molar-refractivity contribution in [2.45, 2.75) is 26.9 Å². The van der Waals surface area contributed by atoms with E-state index in [2.05, 4.69) is 27.6 Å². The minimum absolute atomic E-state index is 0.701. The molecule has 0 saturated carbocycles. The van der Waals surface area contributed by atoms with Crippen LogP contribution in [0.4, 0.5) is 0 Å². The van der Waals surface area contributed by atoms with Gasteiger partial charge in [0.05, 0.1) is 11.2 Å². The van der Waals surface area contributed by atoms with Gasteiger partial charge in [0.25, 0.3) is 0 Å². The molecule has 0 atom stereocenters. The standard InChI is InChI=1S/C16H17N3O/c1-11-7-13(15-5-3-4-6-16(15)18-11)9-17-10-14-8-12(2)20-19-14/h3-8,17H,9-10H2,1-2H3. The Labute approximate surface area is 117 Å². The van der Waals surface area contributed by atoms with E-state index in [9.17, 15) is 0 Å². The lowest BCUT2D eigenvalue weighted by Gasteiger charge is -2.08. The summed E-state index contributed by atoms with van der Waals surface area (Å²) < 4.78 is 5.06. The molecule has 3 rings (SSSR count). The summed E-state index contributed by atoms with van der Waals surface area (Å²) in [5.74, 6) is 0.840. The number of fused-ring (bicyclic) bond motifs is 1. The SMILES string of the molecule is Cc1cc(CNCc2cc(C)on2)c2ccccc2n1. The number of pyridine rings is 1. The van der Waals surface area contributed by atoms with E-state index in [4.69, 9.17) is 4.52 Å². The van der Waals surface area contributed by atoms with E-state index < -0.39 is 0 Å². The average Bonchev–Trinajstić information content (AvgIpc) is 2.84. The predicted octanol–water partition coefficient (Wildman–Crippen LogP) is 3.13. The molecule has 0 fully saturated rings. The van der Waals surface area contributed by atoms with Crippen LogP contribution >= 0.6 is 0 Å². The van der Waals surface area contributed by atoms with Crippen LogP contribution in [0, 0.1) is 13.8 Å². The van der Waals surface area contributed by atoms with Crippen molar-refractivity contribution in [1.82, 2.24) is 15.5 Å². The minimum atomic E-state index is 0.701. The van der Waals surface area contributed by atoms with Crippen LogP contribution in [0.5, 0.6) is 0 Å². The molecular formula is C16H17N3O. The number of aromatic nitrogens is 2. The number of nitrogens with zero attached hydrogens (tertiary/aromatic N) is 2. The van der Waals surface area contributed by atoms with Crippen LogP contribution in [0.15, 0.2) is 40.9 Å². The Kier molecular flexibility index (Phi) is 3.48. The molecule has 1 N–H and O–H groups in total. The molecule has 1 aromatic carbocycles. The van der Waals surface area contributed by atoms with Crippen molar-refractivity contribution in [3.63, 3.8) is 0 Å². The van der Waals surface area contributed by atoms with Gasteiger partial charge in [-0.15, -0.1) is 0 Å². The van der Waals surface area contributed by atoms with Crippen molar-refractivity contribution in [1.29, 1.82) is 0 Å². The fourth-order valence-electron chi connectivity index (χ4n) is 2.37. The summed E-state index contributed by atoms with van der Waals surface area (Å²) >= 11 is 0. The Hall–Kier alpha value is -2.20. The maximum absolute atomic E-state index is 5.06. The third kappa shape index (κ3) is 2.70. The number of hydrogen-bond donors (Lipinski definition) is 1. The molecule has 4 heteroatoms. The monoisotopic (exact) mass is 267 g/mol. The summed E-state index contributed by atoms with van der Waals surface area (Å²) in [5, 5.41) is 8.57. The summed E-state index contributed by atoms with van der Waals surface area (Å²) in [5.41, 5.74) is 4.27. The molecule has 0 amide bonds. The van der Waals surface area contributed by atoms with Crippen LogP contribution in [-0.2, 0) is 13.1 Å². The van der Waals surface area contributed by atoms with E-state index in [0.717, 1.165) is 29.2 Å². The molecule has 3 aromatic rings. The zero-order chi connectivity index (χ0) is 13.9. The summed E-state index contributed by atoms with van der Waals surface area (Å²) in [6, 6.07) is 12.3. The van der Waals surface area contributed by atoms with Gasteiger partial charge < -0.3 is 9.84 Å². The van der Waals surface area contributed by atoms with E-state index in [-0.39, 0.29) is 0 Å². The van der Waals surface area contributed by atoms with Gasteiger partial charge in [0.2, 0.25) is 0 Å². The van der Waals surface area contributed by atoms with Gasteiger partial charge in [-0.3, -0.25) is 4.98 Å². The summed E-state index contributed by atoms with van der Waals surface area (Å²) in [7, 11) is 0. The minimum Gasteiger partial charge on any atom is -0.361 e. The second-order valence-electron chi connectivity index (χ2n) is 4.97. The molecule has 0 bridgehead atoms. The lowest BCUT2D eigenvalue weighted by molar-refractivity contribution is 0.388. The van der Waals surface area contributed by atoms with Crippen LogP contribution in [0.25, 0.3) is 10.9 Å². The quantitative estimate of drug-likeness (QED) is 0.789. The third-order valence-corrected chi connectivity index (χ3v) is 3.23. The molecule has 20 heavy (non-hydrogen) atoms. The van der Waals surface area contributed by atoms with E-state index in [1.54, 1.807) is 0 Å². The number of para-hydroxylation sites is 1. The molecule has 0 aliphatic carbocycles. The smallest absolute Gasteiger partial charge is 0.133 e. The van der Waals surface area contributed by atoms with Crippen LogP contribution in [0.3, 0.4) is 0 Å². The second-order valence-corrected chi connectivity index (χ2v) is 4.97. The van der Waals surface area contributed by atoms with Gasteiger partial charge in [0, 0.05) is 30.2 Å². The fraction of sp³-hybridized carbons (Fsp3) is 0.250. The Balaban J connectivity index is 1.77. The zero-order valence-corrected chi connectivity index (χ0v) is 11.7. The van der Waals surface area contributed by atoms with Crippen molar-refractivity contribution in [2.75, 3.05) is 0 Å². The van der Waals surface area contributed by atoms with Gasteiger partial charge in [-0.2, -0.15) is 0 Å². The van der Waals surface area contributed by atoms with Crippen LogP contribution in [0.2, 0.25) is 0 Å². The number of nitrogens with one attached hydrogen (secondary N) is 1. The zero-order valence-electron chi connectivity index (χ0n) is 11.7. The molecule has 0 aliphatic heterocycles. The second kappa shape index (κ2) is 5.43. The molecule has 0 aliphatic rings. The Bertz CT molecular complexity index is 733. The first-order valence-electron chi connectivity index (χ1n) is 6.70. The topological polar surface area (TPSA) is 51.0 Å². The maximum Gasteiger partial charge on any atom is 0.133 e.